The highest BCUT2D eigenvalue weighted by atomic mass is 32.2. The molecule has 7 heteroatoms. The summed E-state index contributed by atoms with van der Waals surface area (Å²) >= 11 is 1.76. The molecule has 0 aromatic heterocycles. The fourth-order valence-electron chi connectivity index (χ4n) is 2.57. The molecule has 0 spiro atoms. The highest BCUT2D eigenvalue weighted by Gasteiger charge is 2.19. The number of sulfonamides is 1. The van der Waals surface area contributed by atoms with Gasteiger partial charge < -0.3 is 5.32 Å². The van der Waals surface area contributed by atoms with Crippen LogP contribution >= 0.6 is 11.8 Å². The molecule has 2 N–H and O–H groups in total. The average molecular weight is 421 g/mol. The lowest BCUT2D eigenvalue weighted by Crippen LogP contribution is -2.27. The Kier molecular flexibility index (Phi) is 7.17. The predicted octanol–water partition coefficient (Wildman–Crippen LogP) is 4.37. The molecular formula is C21H28N2O3S2. The van der Waals surface area contributed by atoms with Gasteiger partial charge >= 0.3 is 0 Å². The van der Waals surface area contributed by atoms with Crippen molar-refractivity contribution in [3.63, 3.8) is 0 Å². The fourth-order valence-corrected chi connectivity index (χ4v) is 4.71. The molecule has 0 saturated carbocycles. The minimum atomic E-state index is -3.80. The van der Waals surface area contributed by atoms with Crippen molar-refractivity contribution in [2.45, 2.75) is 44.3 Å². The Morgan fingerprint density at radius 1 is 1.07 bits per heavy atom. The van der Waals surface area contributed by atoms with E-state index in [9.17, 15) is 13.2 Å². The van der Waals surface area contributed by atoms with Crippen LogP contribution in [-0.4, -0.2) is 31.4 Å². The number of thioether (sulfide) groups is 1. The highest BCUT2D eigenvalue weighted by molar-refractivity contribution is 8.00. The van der Waals surface area contributed by atoms with Gasteiger partial charge in [-0.2, -0.15) is 11.8 Å². The molecule has 0 atom stereocenters. The first-order valence-electron chi connectivity index (χ1n) is 9.10. The number of amides is 1. The summed E-state index contributed by atoms with van der Waals surface area (Å²) < 4.78 is 28.4. The van der Waals surface area contributed by atoms with Gasteiger partial charge in [-0.3, -0.25) is 9.52 Å². The second-order valence-electron chi connectivity index (χ2n) is 7.67. The van der Waals surface area contributed by atoms with E-state index >= 15 is 0 Å². The van der Waals surface area contributed by atoms with E-state index in [0.29, 0.717) is 23.4 Å². The molecule has 28 heavy (non-hydrogen) atoms. The van der Waals surface area contributed by atoms with Crippen LogP contribution in [0.5, 0.6) is 0 Å². The lowest BCUT2D eigenvalue weighted by atomic mass is 10.1. The maximum atomic E-state index is 12.8. The molecule has 0 unspecified atom stereocenters. The molecule has 0 aliphatic carbocycles. The summed E-state index contributed by atoms with van der Waals surface area (Å²) in [6.07, 6.45) is 0. The quantitative estimate of drug-likeness (QED) is 0.653. The van der Waals surface area contributed by atoms with Gasteiger partial charge in [0, 0.05) is 28.3 Å². The molecule has 0 fully saturated rings. The fraction of sp³-hybridized carbons (Fsp3) is 0.381. The zero-order chi connectivity index (χ0) is 20.9. The molecule has 0 radical (unpaired) electrons. The van der Waals surface area contributed by atoms with Crippen LogP contribution in [0.25, 0.3) is 0 Å². The monoisotopic (exact) mass is 420 g/mol. The van der Waals surface area contributed by atoms with Crippen molar-refractivity contribution in [3.05, 3.63) is 59.2 Å². The molecule has 2 aromatic rings. The van der Waals surface area contributed by atoms with E-state index in [1.165, 1.54) is 6.07 Å². The van der Waals surface area contributed by atoms with E-state index in [1.807, 2.05) is 13.0 Å². The largest absolute Gasteiger partial charge is 0.351 e. The van der Waals surface area contributed by atoms with Gasteiger partial charge in [-0.25, -0.2) is 8.42 Å². The Labute approximate surface area is 172 Å². The Balaban J connectivity index is 2.14. The summed E-state index contributed by atoms with van der Waals surface area (Å²) in [7, 11) is -3.80. The van der Waals surface area contributed by atoms with Crippen LogP contribution in [0.4, 0.5) is 5.69 Å². The predicted molar refractivity (Wildman–Crippen MR) is 118 cm³/mol. The summed E-state index contributed by atoms with van der Waals surface area (Å²) in [5, 5.41) is 2.85. The van der Waals surface area contributed by atoms with Crippen LogP contribution in [0.3, 0.4) is 0 Å². The molecule has 0 aliphatic heterocycles. The molecule has 0 heterocycles. The van der Waals surface area contributed by atoms with Gasteiger partial charge in [-0.15, -0.1) is 0 Å². The standard InChI is InChI=1S/C21H28N2O3S2/c1-15-7-6-8-18(13-15)23-28(25,26)19-14-17(10-9-16(19)2)20(24)22-11-12-27-21(3,4)5/h6-10,13-14,23H,11-12H2,1-5H3,(H,22,24). The number of hydrogen-bond acceptors (Lipinski definition) is 4. The molecule has 0 saturated heterocycles. The number of nitrogens with one attached hydrogen (secondary N) is 2. The summed E-state index contributed by atoms with van der Waals surface area (Å²) in [5.41, 5.74) is 2.36. The van der Waals surface area contributed by atoms with Crippen LogP contribution in [0, 0.1) is 13.8 Å². The highest BCUT2D eigenvalue weighted by Crippen LogP contribution is 2.23. The first kappa shape index (κ1) is 22.3. The summed E-state index contributed by atoms with van der Waals surface area (Å²) in [5.74, 6) is 0.516. The molecular weight excluding hydrogens is 392 g/mol. The number of hydrogen-bond donors (Lipinski definition) is 2. The van der Waals surface area contributed by atoms with Crippen molar-refractivity contribution in [2.75, 3.05) is 17.0 Å². The Bertz CT molecular complexity index is 948. The van der Waals surface area contributed by atoms with Gasteiger partial charge in [0.2, 0.25) is 0 Å². The third kappa shape index (κ3) is 6.56. The molecule has 1 amide bonds. The number of anilines is 1. The zero-order valence-electron chi connectivity index (χ0n) is 17.0. The molecule has 5 nitrogen and oxygen atoms in total. The summed E-state index contributed by atoms with van der Waals surface area (Å²) in [6.45, 7) is 10.5. The second kappa shape index (κ2) is 9.01. The summed E-state index contributed by atoms with van der Waals surface area (Å²) in [6, 6.07) is 11.9. The van der Waals surface area contributed by atoms with Gasteiger partial charge in [0.25, 0.3) is 15.9 Å². The van der Waals surface area contributed by atoms with Crippen LogP contribution in [0.1, 0.15) is 42.3 Å². The van der Waals surface area contributed by atoms with E-state index in [0.717, 1.165) is 11.3 Å². The van der Waals surface area contributed by atoms with Crippen molar-refractivity contribution in [1.29, 1.82) is 0 Å². The molecule has 0 bridgehead atoms. The first-order valence-corrected chi connectivity index (χ1v) is 11.6. The number of rotatable bonds is 7. The number of carbonyl (C=O) groups is 1. The van der Waals surface area contributed by atoms with E-state index in [4.69, 9.17) is 0 Å². The van der Waals surface area contributed by atoms with Gasteiger partial charge in [0.1, 0.15) is 0 Å². The van der Waals surface area contributed by atoms with Gasteiger partial charge in [0.05, 0.1) is 4.90 Å². The minimum absolute atomic E-state index is 0.103. The van der Waals surface area contributed by atoms with E-state index < -0.39 is 10.0 Å². The van der Waals surface area contributed by atoms with Gasteiger partial charge in [-0.1, -0.05) is 39.0 Å². The van der Waals surface area contributed by atoms with Gasteiger partial charge in [0.15, 0.2) is 0 Å². The van der Waals surface area contributed by atoms with Crippen LogP contribution in [-0.2, 0) is 10.0 Å². The van der Waals surface area contributed by atoms with Crippen LogP contribution in [0.15, 0.2) is 47.4 Å². The molecule has 2 rings (SSSR count). The lowest BCUT2D eigenvalue weighted by Gasteiger charge is -2.17. The number of aryl methyl sites for hydroxylation is 2. The molecule has 2 aromatic carbocycles. The third-order valence-corrected chi connectivity index (χ3v) is 6.73. The van der Waals surface area contributed by atoms with Crippen molar-refractivity contribution in [3.8, 4) is 0 Å². The Morgan fingerprint density at radius 2 is 1.79 bits per heavy atom. The molecule has 0 aliphatic rings. The van der Waals surface area contributed by atoms with E-state index in [1.54, 1.807) is 49.0 Å². The van der Waals surface area contributed by atoms with Crippen molar-refractivity contribution in [2.24, 2.45) is 0 Å². The lowest BCUT2D eigenvalue weighted by molar-refractivity contribution is 0.0956. The number of carbonyl (C=O) groups excluding carboxylic acids is 1. The second-order valence-corrected chi connectivity index (χ2v) is 11.2. The van der Waals surface area contributed by atoms with Crippen molar-refractivity contribution >= 4 is 33.4 Å². The average Bonchev–Trinajstić information content (AvgIpc) is 2.57. The van der Waals surface area contributed by atoms with E-state index in [2.05, 4.69) is 30.8 Å². The Morgan fingerprint density at radius 3 is 2.43 bits per heavy atom. The maximum absolute atomic E-state index is 12.8. The first-order chi connectivity index (χ1) is 13.0. The smallest absolute Gasteiger partial charge is 0.262 e. The normalized spacial score (nSPS) is 11.9. The zero-order valence-corrected chi connectivity index (χ0v) is 18.6. The van der Waals surface area contributed by atoms with E-state index in [-0.39, 0.29) is 15.5 Å². The van der Waals surface area contributed by atoms with Crippen LogP contribution < -0.4 is 10.0 Å². The SMILES string of the molecule is Cc1cccc(NS(=O)(=O)c2cc(C(=O)NCCSC(C)(C)C)ccc2C)c1. The number of benzene rings is 2. The maximum Gasteiger partial charge on any atom is 0.262 e. The van der Waals surface area contributed by atoms with Crippen molar-refractivity contribution < 1.29 is 13.2 Å². The third-order valence-electron chi connectivity index (χ3n) is 3.93. The topological polar surface area (TPSA) is 75.3 Å². The minimum Gasteiger partial charge on any atom is -0.351 e. The van der Waals surface area contributed by atoms with Gasteiger partial charge in [-0.05, 0) is 49.2 Å². The summed E-state index contributed by atoms with van der Waals surface area (Å²) in [4.78, 5) is 12.5. The van der Waals surface area contributed by atoms with Crippen LogP contribution in [0.2, 0.25) is 0 Å². The Hall–Kier alpha value is -1.99. The van der Waals surface area contributed by atoms with Crippen molar-refractivity contribution in [1.82, 2.24) is 5.32 Å². The molecule has 152 valence electrons.